The topological polar surface area (TPSA) is 64.3 Å². The Balaban J connectivity index is 1.58. The van der Waals surface area contributed by atoms with Gasteiger partial charge in [-0.3, -0.25) is 4.68 Å². The zero-order valence-electron chi connectivity index (χ0n) is 21.2. The number of carbonyl (C=O) groups excluding carboxylic acids is 1. The molecule has 0 fully saturated rings. The second kappa shape index (κ2) is 10.1. The maximum Gasteiger partial charge on any atom is 0.334 e. The zero-order chi connectivity index (χ0) is 25.9. The smallest absolute Gasteiger partial charge is 0.334 e. The number of hydrogen-bond acceptors (Lipinski definition) is 4. The van der Waals surface area contributed by atoms with Gasteiger partial charge in [0.05, 0.1) is 11.8 Å². The number of aliphatic hydroxyl groups is 1. The Morgan fingerprint density at radius 3 is 1.86 bits per heavy atom. The van der Waals surface area contributed by atoms with E-state index in [9.17, 15) is 9.90 Å². The van der Waals surface area contributed by atoms with Gasteiger partial charge in [0.2, 0.25) is 0 Å². The Morgan fingerprint density at radius 1 is 0.892 bits per heavy atom. The Bertz CT molecular complexity index is 1280. The molecule has 4 aromatic rings. The molecule has 0 spiro atoms. The molecule has 1 N–H and O–H groups in total. The van der Waals surface area contributed by atoms with Crippen molar-refractivity contribution in [3.05, 3.63) is 137 Å². The number of benzene rings is 3. The molecule has 188 valence electrons. The molecule has 5 rings (SSSR count). The normalized spacial score (nSPS) is 17.9. The van der Waals surface area contributed by atoms with E-state index in [1.54, 1.807) is 0 Å². The fourth-order valence-corrected chi connectivity index (χ4v) is 5.47. The van der Waals surface area contributed by atoms with Gasteiger partial charge in [-0.25, -0.2) is 4.79 Å². The standard InChI is InChI=1S/C32H32N2O3/c1-24(2)31(23-29(35)22-30(36)37-31)20-18-28-19-21-34(33-28)32(25-12-6-3-7-13-25,26-14-8-4-9-15-26)27-16-10-5-11-17-27/h3-17,19,21-22,24,35H,18,20,23H2,1-2H3. The number of aryl methyl sites for hydroxylation is 1. The van der Waals surface area contributed by atoms with Gasteiger partial charge in [0.15, 0.2) is 0 Å². The Kier molecular flexibility index (Phi) is 6.70. The summed E-state index contributed by atoms with van der Waals surface area (Å²) in [5.41, 5.74) is 2.80. The van der Waals surface area contributed by atoms with Crippen LogP contribution in [0.5, 0.6) is 0 Å². The number of carbonyl (C=O) groups is 1. The van der Waals surface area contributed by atoms with E-state index in [0.29, 0.717) is 19.3 Å². The molecule has 37 heavy (non-hydrogen) atoms. The van der Waals surface area contributed by atoms with Gasteiger partial charge < -0.3 is 9.84 Å². The van der Waals surface area contributed by atoms with Crippen molar-refractivity contribution in [3.63, 3.8) is 0 Å². The lowest BCUT2D eigenvalue weighted by atomic mass is 9.77. The van der Waals surface area contributed by atoms with Crippen molar-refractivity contribution in [1.82, 2.24) is 9.78 Å². The first kappa shape index (κ1) is 24.6. The second-order valence-corrected chi connectivity index (χ2v) is 10.0. The van der Waals surface area contributed by atoms with Gasteiger partial charge in [0.25, 0.3) is 0 Å². The molecule has 0 aliphatic carbocycles. The first-order valence-electron chi connectivity index (χ1n) is 12.8. The molecule has 3 aromatic carbocycles. The van der Waals surface area contributed by atoms with E-state index < -0.39 is 17.1 Å². The summed E-state index contributed by atoms with van der Waals surface area (Å²) in [5, 5.41) is 15.3. The minimum Gasteiger partial charge on any atom is -0.512 e. The van der Waals surface area contributed by atoms with E-state index in [1.807, 2.05) is 44.3 Å². The number of nitrogens with zero attached hydrogens (tertiary/aromatic N) is 2. The highest BCUT2D eigenvalue weighted by atomic mass is 16.6. The summed E-state index contributed by atoms with van der Waals surface area (Å²) in [6.45, 7) is 4.05. The third-order valence-electron chi connectivity index (χ3n) is 7.49. The second-order valence-electron chi connectivity index (χ2n) is 10.0. The zero-order valence-corrected chi connectivity index (χ0v) is 21.2. The van der Waals surface area contributed by atoms with Crippen LogP contribution in [-0.2, 0) is 21.5 Å². The van der Waals surface area contributed by atoms with E-state index in [4.69, 9.17) is 9.84 Å². The number of aliphatic hydroxyl groups excluding tert-OH is 1. The van der Waals surface area contributed by atoms with Gasteiger partial charge >= 0.3 is 5.97 Å². The van der Waals surface area contributed by atoms with Gasteiger partial charge in [-0.05, 0) is 41.5 Å². The highest BCUT2D eigenvalue weighted by Crippen LogP contribution is 2.41. The van der Waals surface area contributed by atoms with Crippen LogP contribution in [0.1, 0.15) is 49.1 Å². The summed E-state index contributed by atoms with van der Waals surface area (Å²) >= 11 is 0. The van der Waals surface area contributed by atoms with Crippen LogP contribution in [0.2, 0.25) is 0 Å². The van der Waals surface area contributed by atoms with E-state index >= 15 is 0 Å². The average molecular weight is 493 g/mol. The minimum atomic E-state index is -0.755. The first-order chi connectivity index (χ1) is 17.9. The molecule has 0 bridgehead atoms. The summed E-state index contributed by atoms with van der Waals surface area (Å²) in [5.74, 6) is -0.364. The van der Waals surface area contributed by atoms with Gasteiger partial charge in [0, 0.05) is 12.6 Å². The van der Waals surface area contributed by atoms with Gasteiger partial charge in [0.1, 0.15) is 16.9 Å². The molecule has 5 nitrogen and oxygen atoms in total. The van der Waals surface area contributed by atoms with E-state index in [-0.39, 0.29) is 11.7 Å². The highest BCUT2D eigenvalue weighted by Gasteiger charge is 2.42. The molecule has 0 amide bonds. The van der Waals surface area contributed by atoms with Crippen LogP contribution in [0.4, 0.5) is 0 Å². The van der Waals surface area contributed by atoms with E-state index in [0.717, 1.165) is 22.4 Å². The summed E-state index contributed by atoms with van der Waals surface area (Å²) < 4.78 is 7.85. The number of ether oxygens (including phenoxy) is 1. The molecule has 1 unspecified atom stereocenters. The molecular formula is C32H32N2O3. The lowest BCUT2D eigenvalue weighted by molar-refractivity contribution is -0.163. The Hall–Kier alpha value is -4.12. The molecule has 1 aliphatic heterocycles. The van der Waals surface area contributed by atoms with Crippen LogP contribution < -0.4 is 0 Å². The molecule has 0 saturated carbocycles. The number of aromatic nitrogens is 2. The van der Waals surface area contributed by atoms with Crippen molar-refractivity contribution in [2.24, 2.45) is 5.92 Å². The number of rotatable bonds is 8. The minimum absolute atomic E-state index is 0.0476. The summed E-state index contributed by atoms with van der Waals surface area (Å²) in [7, 11) is 0. The molecule has 5 heteroatoms. The van der Waals surface area contributed by atoms with Crippen molar-refractivity contribution < 1.29 is 14.6 Å². The third kappa shape index (κ3) is 4.57. The fourth-order valence-electron chi connectivity index (χ4n) is 5.47. The largest absolute Gasteiger partial charge is 0.512 e. The van der Waals surface area contributed by atoms with Crippen LogP contribution in [0.25, 0.3) is 0 Å². The predicted molar refractivity (Wildman–Crippen MR) is 144 cm³/mol. The lowest BCUT2D eigenvalue weighted by Gasteiger charge is -2.39. The van der Waals surface area contributed by atoms with Crippen molar-refractivity contribution in [3.8, 4) is 0 Å². The summed E-state index contributed by atoms with van der Waals surface area (Å²) in [4.78, 5) is 12.1. The molecular weight excluding hydrogens is 460 g/mol. The lowest BCUT2D eigenvalue weighted by Crippen LogP contribution is -2.43. The maximum atomic E-state index is 12.1. The molecule has 1 aromatic heterocycles. The van der Waals surface area contributed by atoms with Gasteiger partial charge in [-0.15, -0.1) is 0 Å². The fraction of sp³-hybridized carbons (Fsp3) is 0.250. The number of esters is 1. The van der Waals surface area contributed by atoms with Gasteiger partial charge in [-0.1, -0.05) is 105 Å². The quantitative estimate of drug-likeness (QED) is 0.227. The van der Waals surface area contributed by atoms with Gasteiger partial charge in [-0.2, -0.15) is 5.10 Å². The summed E-state index contributed by atoms with van der Waals surface area (Å²) in [6.07, 6.45) is 4.71. The average Bonchev–Trinajstić information content (AvgIpc) is 3.39. The van der Waals surface area contributed by atoms with E-state index in [1.165, 1.54) is 6.08 Å². The van der Waals surface area contributed by atoms with Crippen molar-refractivity contribution in [1.29, 1.82) is 0 Å². The SMILES string of the molecule is CC(C)C1(CCc2ccn(C(c3ccccc3)(c3ccccc3)c3ccccc3)n2)CC(O)=CC(=O)O1. The third-order valence-corrected chi connectivity index (χ3v) is 7.49. The van der Waals surface area contributed by atoms with Crippen LogP contribution >= 0.6 is 0 Å². The van der Waals surface area contributed by atoms with E-state index in [2.05, 4.69) is 77.5 Å². The molecule has 0 radical (unpaired) electrons. The van der Waals surface area contributed by atoms with Crippen LogP contribution in [0.15, 0.2) is 115 Å². The van der Waals surface area contributed by atoms with Crippen molar-refractivity contribution in [2.75, 3.05) is 0 Å². The maximum absolute atomic E-state index is 12.1. The predicted octanol–water partition coefficient (Wildman–Crippen LogP) is 6.44. The first-order valence-corrected chi connectivity index (χ1v) is 12.8. The monoisotopic (exact) mass is 492 g/mol. The Morgan fingerprint density at radius 2 is 1.41 bits per heavy atom. The van der Waals surface area contributed by atoms with Crippen LogP contribution in [0, 0.1) is 5.92 Å². The molecule has 0 saturated heterocycles. The van der Waals surface area contributed by atoms with Crippen molar-refractivity contribution >= 4 is 5.97 Å². The number of hydrogen-bond donors (Lipinski definition) is 1. The Labute approximate surface area is 218 Å². The van der Waals surface area contributed by atoms with Crippen molar-refractivity contribution in [2.45, 2.75) is 44.2 Å². The number of cyclic esters (lactones) is 1. The summed E-state index contributed by atoms with van der Waals surface area (Å²) in [6, 6.07) is 33.3. The molecule has 1 aliphatic rings. The highest BCUT2D eigenvalue weighted by molar-refractivity contribution is 5.83. The van der Waals surface area contributed by atoms with Crippen LogP contribution in [-0.4, -0.2) is 26.5 Å². The molecule has 1 atom stereocenters. The molecule has 2 heterocycles. The van der Waals surface area contributed by atoms with Crippen LogP contribution in [0.3, 0.4) is 0 Å².